The van der Waals surface area contributed by atoms with E-state index in [0.29, 0.717) is 30.9 Å². The van der Waals surface area contributed by atoms with Crippen LogP contribution in [0.25, 0.3) is 16.7 Å². The van der Waals surface area contributed by atoms with Crippen LogP contribution < -0.4 is 4.74 Å². The van der Waals surface area contributed by atoms with E-state index in [9.17, 15) is 9.90 Å². The lowest BCUT2D eigenvalue weighted by atomic mass is 9.54. The monoisotopic (exact) mass is 447 g/mol. The number of carbonyl (C=O) groups is 1. The van der Waals surface area contributed by atoms with Gasteiger partial charge in [0.1, 0.15) is 33.8 Å². The molecule has 0 saturated heterocycles. The minimum absolute atomic E-state index is 0.0361. The van der Waals surface area contributed by atoms with E-state index in [1.54, 1.807) is 18.2 Å². The van der Waals surface area contributed by atoms with Gasteiger partial charge in [0.15, 0.2) is 0 Å². The molecule has 0 amide bonds. The summed E-state index contributed by atoms with van der Waals surface area (Å²) in [5, 5.41) is 19.2. The van der Waals surface area contributed by atoms with Crippen molar-refractivity contribution in [1.29, 1.82) is 0 Å². The van der Waals surface area contributed by atoms with Gasteiger partial charge in [-0.2, -0.15) is 0 Å². The fourth-order valence-corrected chi connectivity index (χ4v) is 6.58. The second kappa shape index (κ2) is 8.04. The third kappa shape index (κ3) is 4.05. The molecule has 4 aliphatic carbocycles. The highest BCUT2D eigenvalue weighted by molar-refractivity contribution is 5.73. The lowest BCUT2D eigenvalue weighted by Crippen LogP contribution is -2.52. The molecule has 4 bridgehead atoms. The van der Waals surface area contributed by atoms with Crippen LogP contribution in [0.3, 0.4) is 0 Å². The molecule has 0 atom stereocenters. The summed E-state index contributed by atoms with van der Waals surface area (Å²) in [6.07, 6.45) is 8.14. The number of phenols is 1. The van der Waals surface area contributed by atoms with Gasteiger partial charge in [-0.3, -0.25) is 4.79 Å². The number of phenolic OH excluding ortho intramolecular Hbond substituents is 1. The van der Waals surface area contributed by atoms with E-state index < -0.39 is 0 Å². The minimum Gasteiger partial charge on any atom is -0.505 e. The Bertz CT molecular complexity index is 1120. The number of esters is 1. The first-order valence-electron chi connectivity index (χ1n) is 12.1. The van der Waals surface area contributed by atoms with Crippen molar-refractivity contribution in [1.82, 2.24) is 15.0 Å². The molecular weight excluding hydrogens is 418 g/mol. The molecule has 0 spiro atoms. The molecular formula is C26H29N3O4. The van der Waals surface area contributed by atoms with Crippen LogP contribution in [0.15, 0.2) is 42.5 Å². The van der Waals surface area contributed by atoms with E-state index >= 15 is 0 Å². The highest BCUT2D eigenvalue weighted by Crippen LogP contribution is 2.57. The average molecular weight is 448 g/mol. The zero-order chi connectivity index (χ0) is 22.4. The number of fused-ring (bicyclic) bond motifs is 1. The number of nitrogens with zero attached hydrogens (tertiary/aromatic N) is 3. The molecule has 4 saturated carbocycles. The number of aromatic nitrogens is 3. The van der Waals surface area contributed by atoms with Gasteiger partial charge in [-0.05, 0) is 87.0 Å². The number of aromatic hydroxyl groups is 1. The van der Waals surface area contributed by atoms with Crippen LogP contribution in [0.1, 0.15) is 51.4 Å². The molecule has 2 aromatic carbocycles. The predicted molar refractivity (Wildman–Crippen MR) is 122 cm³/mol. The Morgan fingerprint density at radius 2 is 1.64 bits per heavy atom. The largest absolute Gasteiger partial charge is 0.505 e. The van der Waals surface area contributed by atoms with E-state index in [1.165, 1.54) is 24.1 Å². The van der Waals surface area contributed by atoms with Crippen molar-refractivity contribution in [3.05, 3.63) is 42.5 Å². The molecule has 172 valence electrons. The number of hydrogen-bond donors (Lipinski definition) is 1. The molecule has 4 aliphatic rings. The van der Waals surface area contributed by atoms with Crippen molar-refractivity contribution in [2.24, 2.45) is 17.8 Å². The molecule has 7 heteroatoms. The van der Waals surface area contributed by atoms with Gasteiger partial charge >= 0.3 is 5.97 Å². The predicted octanol–water partition coefficient (Wildman–Crippen LogP) is 4.80. The number of hydrogen-bond acceptors (Lipinski definition) is 6. The topological polar surface area (TPSA) is 86.5 Å². The van der Waals surface area contributed by atoms with E-state index in [-0.39, 0.29) is 17.3 Å². The van der Waals surface area contributed by atoms with Crippen molar-refractivity contribution in [3.8, 4) is 17.2 Å². The van der Waals surface area contributed by atoms with Gasteiger partial charge in [0.05, 0.1) is 6.61 Å². The van der Waals surface area contributed by atoms with Crippen LogP contribution >= 0.6 is 0 Å². The molecule has 1 heterocycles. The number of benzene rings is 2. The molecule has 0 aliphatic heterocycles. The van der Waals surface area contributed by atoms with Gasteiger partial charge in [-0.15, -0.1) is 15.0 Å². The van der Waals surface area contributed by atoms with E-state index in [1.807, 2.05) is 24.3 Å². The highest BCUT2D eigenvalue weighted by atomic mass is 16.6. The fourth-order valence-electron chi connectivity index (χ4n) is 6.58. The Hall–Kier alpha value is -3.09. The van der Waals surface area contributed by atoms with Crippen LogP contribution in [-0.4, -0.2) is 38.3 Å². The fraction of sp³-hybridized carbons (Fsp3) is 0.500. The lowest BCUT2D eigenvalue weighted by Gasteiger charge is -2.55. The highest BCUT2D eigenvalue weighted by Gasteiger charge is 2.53. The molecule has 0 unspecified atom stereocenters. The standard InChI is InChI=1S/C26H29N3O4/c30-24-13-20(7-8-23(24)29-27-21-4-1-2-5-22(21)28-29)32-9-3-6-25(31)33-26-14-17-10-18(15-26)12-19(11-17)16-26/h1-2,4-5,7-8,13,17-19,30H,3,6,9-12,14-16H2. The Labute approximate surface area is 192 Å². The normalized spacial score (nSPS) is 27.7. The van der Waals surface area contributed by atoms with Crippen LogP contribution in [-0.2, 0) is 9.53 Å². The second-order valence-corrected chi connectivity index (χ2v) is 10.2. The van der Waals surface area contributed by atoms with Gasteiger partial charge in [0.2, 0.25) is 0 Å². The van der Waals surface area contributed by atoms with Gasteiger partial charge in [-0.25, -0.2) is 0 Å². The van der Waals surface area contributed by atoms with Crippen molar-refractivity contribution in [3.63, 3.8) is 0 Å². The number of carbonyl (C=O) groups excluding carboxylic acids is 1. The Kier molecular flexibility index (Phi) is 5.00. The van der Waals surface area contributed by atoms with Crippen LogP contribution in [0, 0.1) is 17.8 Å². The van der Waals surface area contributed by atoms with Crippen LogP contribution in [0.2, 0.25) is 0 Å². The summed E-state index contributed by atoms with van der Waals surface area (Å²) in [5.41, 5.74) is 1.83. The average Bonchev–Trinajstić information content (AvgIpc) is 3.19. The SMILES string of the molecule is O=C(CCCOc1ccc(-n2nc3ccccc3n2)c(O)c1)OC12CC3CC(CC(C3)C1)C2. The first-order chi connectivity index (χ1) is 16.1. The van der Waals surface area contributed by atoms with Gasteiger partial charge in [0.25, 0.3) is 0 Å². The molecule has 7 nitrogen and oxygen atoms in total. The maximum atomic E-state index is 12.5. The van der Waals surface area contributed by atoms with Gasteiger partial charge in [0, 0.05) is 12.5 Å². The molecule has 1 N–H and O–H groups in total. The minimum atomic E-state index is -0.181. The summed E-state index contributed by atoms with van der Waals surface area (Å²) >= 11 is 0. The van der Waals surface area contributed by atoms with Crippen LogP contribution in [0.5, 0.6) is 11.5 Å². The van der Waals surface area contributed by atoms with Gasteiger partial charge < -0.3 is 14.6 Å². The summed E-state index contributed by atoms with van der Waals surface area (Å²) in [5.74, 6) is 2.77. The van der Waals surface area contributed by atoms with Crippen molar-refractivity contribution in [2.45, 2.75) is 57.0 Å². The maximum absolute atomic E-state index is 12.5. The number of ether oxygens (including phenoxy) is 2. The lowest BCUT2D eigenvalue weighted by molar-refractivity contribution is -0.186. The molecule has 0 radical (unpaired) electrons. The van der Waals surface area contributed by atoms with Crippen LogP contribution in [0.4, 0.5) is 0 Å². The Morgan fingerprint density at radius 1 is 1.00 bits per heavy atom. The zero-order valence-electron chi connectivity index (χ0n) is 18.7. The van der Waals surface area contributed by atoms with Gasteiger partial charge in [-0.1, -0.05) is 12.1 Å². The third-order valence-electron chi connectivity index (χ3n) is 7.56. The quantitative estimate of drug-likeness (QED) is 0.414. The van der Waals surface area contributed by atoms with Crippen molar-refractivity contribution in [2.75, 3.05) is 6.61 Å². The zero-order valence-corrected chi connectivity index (χ0v) is 18.7. The molecule has 33 heavy (non-hydrogen) atoms. The third-order valence-corrected chi connectivity index (χ3v) is 7.56. The van der Waals surface area contributed by atoms with E-state index in [2.05, 4.69) is 10.2 Å². The summed E-state index contributed by atoms with van der Waals surface area (Å²) in [6.45, 7) is 0.388. The van der Waals surface area contributed by atoms with E-state index in [0.717, 1.165) is 48.0 Å². The first-order valence-corrected chi connectivity index (χ1v) is 12.1. The maximum Gasteiger partial charge on any atom is 0.306 e. The molecule has 3 aromatic rings. The Morgan fingerprint density at radius 3 is 2.24 bits per heavy atom. The molecule has 4 fully saturated rings. The summed E-state index contributed by atoms with van der Waals surface area (Å²) in [7, 11) is 0. The summed E-state index contributed by atoms with van der Waals surface area (Å²) in [6, 6.07) is 12.6. The summed E-state index contributed by atoms with van der Waals surface area (Å²) in [4.78, 5) is 14.0. The molecule has 7 rings (SSSR count). The smallest absolute Gasteiger partial charge is 0.306 e. The number of rotatable bonds is 7. The summed E-state index contributed by atoms with van der Waals surface area (Å²) < 4.78 is 11.8. The Balaban J connectivity index is 1.01. The molecule has 1 aromatic heterocycles. The first kappa shape index (κ1) is 20.5. The van der Waals surface area contributed by atoms with Crippen molar-refractivity contribution < 1.29 is 19.4 Å². The van der Waals surface area contributed by atoms with E-state index in [4.69, 9.17) is 9.47 Å². The second-order valence-electron chi connectivity index (χ2n) is 10.2. The van der Waals surface area contributed by atoms with Crippen molar-refractivity contribution >= 4 is 17.0 Å².